The fraction of sp³-hybridized carbons (Fsp3) is 0.350. The molecule has 4 rings (SSSR count). The van der Waals surface area contributed by atoms with Gasteiger partial charge in [0.05, 0.1) is 39.0 Å². The van der Waals surface area contributed by atoms with Crippen molar-refractivity contribution in [1.82, 2.24) is 0 Å². The third kappa shape index (κ3) is 2.84. The van der Waals surface area contributed by atoms with Crippen LogP contribution in [0.3, 0.4) is 0 Å². The van der Waals surface area contributed by atoms with Crippen LogP contribution in [0.25, 0.3) is 0 Å². The number of methoxy groups -OCH3 is 2. The molecule has 27 heavy (non-hydrogen) atoms. The predicted octanol–water partition coefficient (Wildman–Crippen LogP) is 2.72. The van der Waals surface area contributed by atoms with Gasteiger partial charge < -0.3 is 29.2 Å². The first-order chi connectivity index (χ1) is 13.0. The molecule has 0 bridgehead atoms. The summed E-state index contributed by atoms with van der Waals surface area (Å²) in [6.45, 7) is 0.267. The Bertz CT molecular complexity index is 879. The summed E-state index contributed by atoms with van der Waals surface area (Å²) in [5.74, 6) is -0.203. The molecule has 0 unspecified atom stereocenters. The third-order valence-corrected chi connectivity index (χ3v) is 5.22. The number of hydrogen-bond donors (Lipinski definition) is 2. The quantitative estimate of drug-likeness (QED) is 0.797. The Kier molecular flexibility index (Phi) is 4.31. The van der Waals surface area contributed by atoms with Crippen LogP contribution in [0.5, 0.6) is 23.0 Å². The number of fused-ring (bicyclic) bond motifs is 1. The second-order valence-corrected chi connectivity index (χ2v) is 6.66. The number of hydrogen-bond acceptors (Lipinski definition) is 7. The summed E-state index contributed by atoms with van der Waals surface area (Å²) in [5.41, 5.74) is 1.53. The summed E-state index contributed by atoms with van der Waals surface area (Å²) < 4.78 is 21.9. The van der Waals surface area contributed by atoms with Crippen LogP contribution in [0.1, 0.15) is 23.3 Å². The number of carbonyl (C=O) groups is 1. The van der Waals surface area contributed by atoms with E-state index in [-0.39, 0.29) is 36.1 Å². The van der Waals surface area contributed by atoms with Gasteiger partial charge in [0.1, 0.15) is 0 Å². The SMILES string of the molecule is COc1cc([C@H]2O[C@@H](c3ccc(O)c(OC)c3)[C@H]3COC(=O)[C@@H]32)ccc1O. The van der Waals surface area contributed by atoms with Crippen molar-refractivity contribution in [2.75, 3.05) is 20.8 Å². The van der Waals surface area contributed by atoms with Crippen molar-refractivity contribution in [1.29, 1.82) is 0 Å². The molecule has 2 fully saturated rings. The lowest BCUT2D eigenvalue weighted by atomic mass is 9.85. The monoisotopic (exact) mass is 372 g/mol. The number of ether oxygens (including phenoxy) is 4. The second-order valence-electron chi connectivity index (χ2n) is 6.66. The van der Waals surface area contributed by atoms with Gasteiger partial charge in [-0.05, 0) is 35.4 Å². The average Bonchev–Trinajstić information content (AvgIpc) is 3.24. The van der Waals surface area contributed by atoms with E-state index in [1.54, 1.807) is 30.3 Å². The average molecular weight is 372 g/mol. The molecule has 2 aliphatic rings. The molecule has 4 atom stereocenters. The van der Waals surface area contributed by atoms with Gasteiger partial charge in [0.15, 0.2) is 23.0 Å². The molecule has 0 radical (unpaired) electrons. The van der Waals surface area contributed by atoms with Crippen molar-refractivity contribution < 1.29 is 34.0 Å². The van der Waals surface area contributed by atoms with Crippen LogP contribution in [-0.4, -0.2) is 37.0 Å². The van der Waals surface area contributed by atoms with E-state index >= 15 is 0 Å². The van der Waals surface area contributed by atoms with Crippen molar-refractivity contribution in [2.45, 2.75) is 12.2 Å². The minimum atomic E-state index is -0.524. The Labute approximate surface area is 156 Å². The molecule has 2 saturated heterocycles. The zero-order valence-electron chi connectivity index (χ0n) is 14.9. The highest BCUT2D eigenvalue weighted by Gasteiger charge is 2.54. The van der Waals surface area contributed by atoms with Crippen LogP contribution in [0.4, 0.5) is 0 Å². The topological polar surface area (TPSA) is 94.5 Å². The van der Waals surface area contributed by atoms with E-state index in [4.69, 9.17) is 18.9 Å². The lowest BCUT2D eigenvalue weighted by molar-refractivity contribution is -0.145. The van der Waals surface area contributed by atoms with Gasteiger partial charge in [0, 0.05) is 5.92 Å². The minimum Gasteiger partial charge on any atom is -0.504 e. The lowest BCUT2D eigenvalue weighted by Gasteiger charge is -2.19. The Morgan fingerprint density at radius 2 is 1.48 bits per heavy atom. The molecule has 2 aliphatic heterocycles. The van der Waals surface area contributed by atoms with Crippen molar-refractivity contribution in [2.24, 2.45) is 11.8 Å². The lowest BCUT2D eigenvalue weighted by Crippen LogP contribution is -2.18. The Morgan fingerprint density at radius 3 is 2.04 bits per heavy atom. The van der Waals surface area contributed by atoms with Crippen LogP contribution < -0.4 is 9.47 Å². The molecule has 0 saturated carbocycles. The maximum absolute atomic E-state index is 12.4. The fourth-order valence-corrected chi connectivity index (χ4v) is 3.87. The Hall–Kier alpha value is -2.93. The van der Waals surface area contributed by atoms with Crippen molar-refractivity contribution in [3.63, 3.8) is 0 Å². The van der Waals surface area contributed by atoms with Crippen LogP contribution in [0.2, 0.25) is 0 Å². The molecule has 2 aromatic carbocycles. The first-order valence-corrected chi connectivity index (χ1v) is 8.59. The molecule has 2 heterocycles. The standard InChI is InChI=1S/C20H20O7/c1-24-15-7-10(3-5-13(15)21)18-12-9-26-20(23)17(12)19(27-18)11-4-6-14(22)16(8-11)25-2/h3-8,12,17-19,21-22H,9H2,1-2H3/t12-,17-,18-,19+/m0/s1. The summed E-state index contributed by atoms with van der Waals surface area (Å²) in [7, 11) is 2.94. The van der Waals surface area contributed by atoms with Gasteiger partial charge >= 0.3 is 5.97 Å². The van der Waals surface area contributed by atoms with Crippen molar-refractivity contribution in [3.8, 4) is 23.0 Å². The first kappa shape index (κ1) is 17.5. The van der Waals surface area contributed by atoms with Crippen molar-refractivity contribution in [3.05, 3.63) is 47.5 Å². The first-order valence-electron chi connectivity index (χ1n) is 8.59. The maximum Gasteiger partial charge on any atom is 0.312 e. The smallest absolute Gasteiger partial charge is 0.312 e. The van der Waals surface area contributed by atoms with Crippen LogP contribution in [-0.2, 0) is 14.3 Å². The molecule has 2 N–H and O–H groups in total. The number of cyclic esters (lactones) is 1. The van der Waals surface area contributed by atoms with E-state index in [0.717, 1.165) is 11.1 Å². The van der Waals surface area contributed by atoms with Crippen LogP contribution in [0, 0.1) is 11.8 Å². The molecule has 0 aromatic heterocycles. The number of rotatable bonds is 4. The summed E-state index contributed by atoms with van der Waals surface area (Å²) in [6.07, 6.45) is -0.912. The van der Waals surface area contributed by atoms with Gasteiger partial charge in [0.25, 0.3) is 0 Å². The molecule has 0 amide bonds. The maximum atomic E-state index is 12.4. The molecular weight excluding hydrogens is 352 g/mol. The van der Waals surface area contributed by atoms with Crippen molar-refractivity contribution >= 4 is 5.97 Å². The fourth-order valence-electron chi connectivity index (χ4n) is 3.87. The van der Waals surface area contributed by atoms with Crippen LogP contribution >= 0.6 is 0 Å². The van der Waals surface area contributed by atoms with Gasteiger partial charge in [0.2, 0.25) is 0 Å². The van der Waals surface area contributed by atoms with Gasteiger partial charge in [-0.15, -0.1) is 0 Å². The zero-order valence-corrected chi connectivity index (χ0v) is 14.9. The highest BCUT2D eigenvalue weighted by Crippen LogP contribution is 2.53. The van der Waals surface area contributed by atoms with Gasteiger partial charge in [-0.2, -0.15) is 0 Å². The van der Waals surface area contributed by atoms with Crippen LogP contribution in [0.15, 0.2) is 36.4 Å². The summed E-state index contributed by atoms with van der Waals surface area (Å²) in [6, 6.07) is 9.90. The zero-order chi connectivity index (χ0) is 19.1. The number of phenolic OH excluding ortho intramolecular Hbond substituents is 2. The normalized spacial score (nSPS) is 26.5. The van der Waals surface area contributed by atoms with E-state index < -0.39 is 12.0 Å². The third-order valence-electron chi connectivity index (χ3n) is 5.22. The Morgan fingerprint density at radius 1 is 0.926 bits per heavy atom. The highest BCUT2D eigenvalue weighted by molar-refractivity contribution is 5.76. The predicted molar refractivity (Wildman–Crippen MR) is 93.8 cm³/mol. The minimum absolute atomic E-state index is 0.0182. The molecule has 7 heteroatoms. The van der Waals surface area contributed by atoms with E-state index in [9.17, 15) is 15.0 Å². The number of carbonyl (C=O) groups excluding carboxylic acids is 1. The number of aromatic hydroxyl groups is 2. The van der Waals surface area contributed by atoms with Gasteiger partial charge in [-0.25, -0.2) is 0 Å². The molecule has 142 valence electrons. The van der Waals surface area contributed by atoms with E-state index in [1.807, 2.05) is 0 Å². The summed E-state index contributed by atoms with van der Waals surface area (Å²) in [5, 5.41) is 19.7. The molecule has 2 aromatic rings. The van der Waals surface area contributed by atoms with E-state index in [1.165, 1.54) is 20.3 Å². The molecule has 7 nitrogen and oxygen atoms in total. The molecule has 0 aliphatic carbocycles. The summed E-state index contributed by atoms with van der Waals surface area (Å²) >= 11 is 0. The number of esters is 1. The molecular formula is C20H20O7. The Balaban J connectivity index is 1.72. The number of benzene rings is 2. The van der Waals surface area contributed by atoms with E-state index in [2.05, 4.69) is 0 Å². The van der Waals surface area contributed by atoms with Gasteiger partial charge in [-0.1, -0.05) is 12.1 Å². The largest absolute Gasteiger partial charge is 0.504 e. The summed E-state index contributed by atoms with van der Waals surface area (Å²) in [4.78, 5) is 12.4. The van der Waals surface area contributed by atoms with E-state index in [0.29, 0.717) is 11.5 Å². The van der Waals surface area contributed by atoms with Gasteiger partial charge in [-0.3, -0.25) is 4.79 Å². The second kappa shape index (κ2) is 6.66. The highest BCUT2D eigenvalue weighted by atomic mass is 16.6. The number of phenols is 2. The molecule has 0 spiro atoms.